The summed E-state index contributed by atoms with van der Waals surface area (Å²) in [6, 6.07) is 7.84. The number of thiazole rings is 1. The van der Waals surface area contributed by atoms with Crippen LogP contribution in [0, 0.1) is 17.8 Å². The summed E-state index contributed by atoms with van der Waals surface area (Å²) in [4.78, 5) is 28.8. The zero-order chi connectivity index (χ0) is 19.1. The minimum atomic E-state index is -0.514. The fraction of sp³-hybridized carbons (Fsp3) is 0.500. The van der Waals surface area contributed by atoms with E-state index in [2.05, 4.69) is 10.3 Å². The Balaban J connectivity index is 1.14. The zero-order valence-corrected chi connectivity index (χ0v) is 16.5. The highest BCUT2D eigenvalue weighted by molar-refractivity contribution is 7.19. The van der Waals surface area contributed by atoms with Crippen LogP contribution in [0.1, 0.15) is 43.5 Å². The summed E-state index contributed by atoms with van der Waals surface area (Å²) in [5.74, 6) is 1.62. The first-order valence-corrected chi connectivity index (χ1v) is 10.9. The lowest BCUT2D eigenvalue weighted by Crippen LogP contribution is -2.60. The summed E-state index contributed by atoms with van der Waals surface area (Å²) in [6.07, 6.45) is 10.3. The molecule has 0 unspecified atom stereocenters. The fourth-order valence-electron chi connectivity index (χ4n) is 5.88. The van der Waals surface area contributed by atoms with Crippen LogP contribution in [-0.4, -0.2) is 29.0 Å². The summed E-state index contributed by atoms with van der Waals surface area (Å²) in [7, 11) is 0. The summed E-state index contributed by atoms with van der Waals surface area (Å²) in [6.45, 7) is -0.217. The van der Waals surface area contributed by atoms with Crippen LogP contribution in [0.2, 0.25) is 0 Å². The molecule has 0 spiro atoms. The van der Waals surface area contributed by atoms with E-state index < -0.39 is 5.97 Å². The van der Waals surface area contributed by atoms with Crippen molar-refractivity contribution in [1.82, 2.24) is 10.3 Å². The van der Waals surface area contributed by atoms with Gasteiger partial charge in [0, 0.05) is 11.6 Å². The van der Waals surface area contributed by atoms with Crippen molar-refractivity contribution < 1.29 is 14.3 Å². The van der Waals surface area contributed by atoms with E-state index in [1.54, 1.807) is 6.08 Å². The molecule has 4 bridgehead atoms. The topological polar surface area (TPSA) is 68.3 Å². The van der Waals surface area contributed by atoms with Gasteiger partial charge in [-0.2, -0.15) is 0 Å². The molecule has 1 N–H and O–H groups in total. The first kappa shape index (κ1) is 17.9. The lowest BCUT2D eigenvalue weighted by atomic mass is 9.53. The quantitative estimate of drug-likeness (QED) is 0.614. The maximum absolute atomic E-state index is 12.4. The van der Waals surface area contributed by atoms with Crippen LogP contribution in [0.4, 0.5) is 0 Å². The second-order valence-electron chi connectivity index (χ2n) is 8.71. The number of nitrogens with one attached hydrogen (secondary N) is 1. The highest BCUT2D eigenvalue weighted by Gasteiger charge is 2.51. The van der Waals surface area contributed by atoms with E-state index >= 15 is 0 Å². The number of hydrogen-bond acceptors (Lipinski definition) is 5. The largest absolute Gasteiger partial charge is 0.452 e. The third-order valence-electron chi connectivity index (χ3n) is 6.46. The van der Waals surface area contributed by atoms with Crippen molar-refractivity contribution in [2.24, 2.45) is 17.8 Å². The number of carbonyl (C=O) groups excluding carboxylic acids is 2. The lowest BCUT2D eigenvalue weighted by molar-refractivity contribution is -0.145. The average Bonchev–Trinajstić information content (AvgIpc) is 3.06. The number of carbonyl (C=O) groups is 2. The number of esters is 1. The highest BCUT2D eigenvalue weighted by Crippen LogP contribution is 2.55. The van der Waals surface area contributed by atoms with Crippen LogP contribution in [0.3, 0.4) is 0 Å². The monoisotopic (exact) mass is 396 g/mol. The summed E-state index contributed by atoms with van der Waals surface area (Å²) in [5.41, 5.74) is 0.866. The summed E-state index contributed by atoms with van der Waals surface area (Å²) >= 11 is 1.52. The van der Waals surface area contributed by atoms with Crippen LogP contribution in [0.25, 0.3) is 16.3 Å². The molecule has 146 valence electrons. The van der Waals surface area contributed by atoms with Gasteiger partial charge >= 0.3 is 5.97 Å². The molecule has 28 heavy (non-hydrogen) atoms. The minimum absolute atomic E-state index is 0.0466. The predicted molar refractivity (Wildman–Crippen MR) is 109 cm³/mol. The third kappa shape index (κ3) is 3.58. The molecule has 2 aromatic rings. The number of nitrogens with zero attached hydrogens (tertiary/aromatic N) is 1. The van der Waals surface area contributed by atoms with Gasteiger partial charge in [0.25, 0.3) is 5.91 Å². The molecule has 4 saturated carbocycles. The Labute approximate surface area is 168 Å². The van der Waals surface area contributed by atoms with Crippen LogP contribution in [0.5, 0.6) is 0 Å². The van der Waals surface area contributed by atoms with Gasteiger partial charge in [-0.05, 0) is 74.5 Å². The molecular weight excluding hydrogens is 372 g/mol. The molecule has 0 atom stereocenters. The van der Waals surface area contributed by atoms with Crippen LogP contribution >= 0.6 is 11.3 Å². The Morgan fingerprint density at radius 1 is 1.14 bits per heavy atom. The van der Waals surface area contributed by atoms with Crippen LogP contribution < -0.4 is 5.32 Å². The number of aromatic nitrogens is 1. The Kier molecular flexibility index (Phi) is 4.46. The van der Waals surface area contributed by atoms with Crippen molar-refractivity contribution in [2.45, 2.75) is 44.1 Å². The Morgan fingerprint density at radius 2 is 1.82 bits per heavy atom. The molecule has 1 heterocycles. The summed E-state index contributed by atoms with van der Waals surface area (Å²) < 4.78 is 6.23. The van der Waals surface area contributed by atoms with E-state index in [1.165, 1.54) is 36.7 Å². The van der Waals surface area contributed by atoms with Crippen molar-refractivity contribution in [3.63, 3.8) is 0 Å². The van der Waals surface area contributed by atoms with Crippen LogP contribution in [0.15, 0.2) is 30.3 Å². The van der Waals surface area contributed by atoms with E-state index in [-0.39, 0.29) is 18.1 Å². The van der Waals surface area contributed by atoms with Crippen molar-refractivity contribution in [1.29, 1.82) is 0 Å². The van der Waals surface area contributed by atoms with Gasteiger partial charge < -0.3 is 10.1 Å². The van der Waals surface area contributed by atoms with Gasteiger partial charge in [-0.25, -0.2) is 9.78 Å². The molecule has 4 aliphatic carbocycles. The maximum atomic E-state index is 12.4. The second kappa shape index (κ2) is 6.99. The van der Waals surface area contributed by atoms with E-state index in [0.717, 1.165) is 52.2 Å². The van der Waals surface area contributed by atoms with Gasteiger partial charge in [-0.1, -0.05) is 12.1 Å². The molecule has 6 rings (SSSR count). The predicted octanol–water partition coefficient (Wildman–Crippen LogP) is 3.94. The van der Waals surface area contributed by atoms with E-state index in [1.807, 2.05) is 24.3 Å². The van der Waals surface area contributed by atoms with E-state index in [4.69, 9.17) is 4.74 Å². The maximum Gasteiger partial charge on any atom is 0.331 e. The fourth-order valence-corrected chi connectivity index (χ4v) is 6.75. The minimum Gasteiger partial charge on any atom is -0.452 e. The number of fused-ring (bicyclic) bond motifs is 1. The van der Waals surface area contributed by atoms with E-state index in [9.17, 15) is 9.59 Å². The number of benzene rings is 1. The molecule has 1 aromatic heterocycles. The van der Waals surface area contributed by atoms with Gasteiger partial charge in [-0.3, -0.25) is 4.79 Å². The molecule has 0 aliphatic heterocycles. The van der Waals surface area contributed by atoms with Crippen molar-refractivity contribution >= 4 is 39.5 Å². The molecule has 0 saturated heterocycles. The number of ether oxygens (including phenoxy) is 1. The molecule has 6 heteroatoms. The van der Waals surface area contributed by atoms with E-state index in [0.29, 0.717) is 0 Å². The molecule has 5 nitrogen and oxygen atoms in total. The number of para-hydroxylation sites is 1. The molecule has 4 aliphatic rings. The molecular formula is C22H24N2O3S. The third-order valence-corrected chi connectivity index (χ3v) is 7.46. The van der Waals surface area contributed by atoms with Gasteiger partial charge in [0.1, 0.15) is 5.01 Å². The molecule has 1 aromatic carbocycles. The highest BCUT2D eigenvalue weighted by atomic mass is 32.1. The standard InChI is InChI=1S/C22H24N2O3S/c25-19(24-22-10-14-7-15(11-22)9-16(8-14)12-22)13-27-21(26)6-5-20-23-17-3-1-2-4-18(17)28-20/h1-6,14-16H,7-13H2,(H,24,25). The van der Waals surface area contributed by atoms with Gasteiger partial charge in [0.2, 0.25) is 0 Å². The van der Waals surface area contributed by atoms with Crippen molar-refractivity contribution in [3.8, 4) is 0 Å². The molecule has 4 fully saturated rings. The van der Waals surface area contributed by atoms with Crippen molar-refractivity contribution in [2.75, 3.05) is 6.61 Å². The van der Waals surface area contributed by atoms with Gasteiger partial charge in [0.05, 0.1) is 10.2 Å². The average molecular weight is 397 g/mol. The first-order chi connectivity index (χ1) is 13.6. The molecule has 0 radical (unpaired) electrons. The zero-order valence-electron chi connectivity index (χ0n) is 15.7. The SMILES string of the molecule is O=C(COC(=O)C=Cc1nc2ccccc2s1)NC12CC3CC(CC(C3)C1)C2. The number of rotatable bonds is 5. The van der Waals surface area contributed by atoms with Gasteiger partial charge in [-0.15, -0.1) is 11.3 Å². The number of hydrogen-bond donors (Lipinski definition) is 1. The lowest BCUT2D eigenvalue weighted by Gasteiger charge is -2.56. The first-order valence-electron chi connectivity index (χ1n) is 10.1. The Morgan fingerprint density at radius 3 is 2.50 bits per heavy atom. The smallest absolute Gasteiger partial charge is 0.331 e. The molecule has 1 amide bonds. The normalized spacial score (nSPS) is 30.8. The van der Waals surface area contributed by atoms with Gasteiger partial charge in [0.15, 0.2) is 6.61 Å². The van der Waals surface area contributed by atoms with Crippen molar-refractivity contribution in [3.05, 3.63) is 35.3 Å². The second-order valence-corrected chi connectivity index (χ2v) is 9.77. The summed E-state index contributed by atoms with van der Waals surface area (Å²) in [5, 5.41) is 3.97. The Bertz CT molecular complexity index is 880. The van der Waals surface area contributed by atoms with Crippen LogP contribution in [-0.2, 0) is 14.3 Å². The Hall–Kier alpha value is -2.21. The number of amides is 1.